The van der Waals surface area contributed by atoms with Gasteiger partial charge in [0.15, 0.2) is 0 Å². The van der Waals surface area contributed by atoms with Gasteiger partial charge in [0.2, 0.25) is 5.91 Å². The topological polar surface area (TPSA) is 87.5 Å². The smallest absolute Gasteiger partial charge is 0.315 e. The van der Waals surface area contributed by atoms with Crippen molar-refractivity contribution in [3.05, 3.63) is 29.8 Å². The molecule has 0 aliphatic carbocycles. The van der Waals surface area contributed by atoms with E-state index >= 15 is 0 Å². The van der Waals surface area contributed by atoms with Gasteiger partial charge in [-0.1, -0.05) is 12.1 Å². The third-order valence-electron chi connectivity index (χ3n) is 4.06. The van der Waals surface area contributed by atoms with Crippen LogP contribution >= 0.6 is 11.8 Å². The van der Waals surface area contributed by atoms with E-state index < -0.39 is 6.04 Å². The molecule has 0 radical (unpaired) electrons. The Morgan fingerprint density at radius 3 is 2.54 bits per heavy atom. The van der Waals surface area contributed by atoms with Crippen molar-refractivity contribution in [2.75, 3.05) is 30.8 Å². The van der Waals surface area contributed by atoms with Crippen LogP contribution in [0.25, 0.3) is 0 Å². The summed E-state index contributed by atoms with van der Waals surface area (Å²) in [6.45, 7) is 1.99. The van der Waals surface area contributed by atoms with Gasteiger partial charge in [0.1, 0.15) is 6.04 Å². The maximum absolute atomic E-state index is 12.6. The van der Waals surface area contributed by atoms with E-state index in [9.17, 15) is 9.59 Å². The van der Waals surface area contributed by atoms with Crippen LogP contribution in [0.5, 0.6) is 0 Å². The molecular formula is C17H26N4O2S. The molecule has 7 heteroatoms. The number of carbonyl (C=O) groups excluding carboxylic acids is 2. The quantitative estimate of drug-likeness (QED) is 0.655. The average molecular weight is 350 g/mol. The summed E-state index contributed by atoms with van der Waals surface area (Å²) >= 11 is 1.67. The number of nitrogens with one attached hydrogen (secondary N) is 2. The molecule has 2 rings (SSSR count). The summed E-state index contributed by atoms with van der Waals surface area (Å²) in [5.74, 6) is 0.867. The zero-order valence-electron chi connectivity index (χ0n) is 14.1. The fraction of sp³-hybridized carbons (Fsp3) is 0.529. The number of carbonyl (C=O) groups is 2. The van der Waals surface area contributed by atoms with Crippen LogP contribution in [-0.2, 0) is 11.3 Å². The molecule has 1 saturated heterocycles. The minimum absolute atomic E-state index is 0.0317. The van der Waals surface area contributed by atoms with Crippen molar-refractivity contribution in [2.24, 2.45) is 0 Å². The van der Waals surface area contributed by atoms with Gasteiger partial charge in [0.25, 0.3) is 0 Å². The van der Waals surface area contributed by atoms with E-state index in [1.807, 2.05) is 23.3 Å². The number of urea groups is 1. The fourth-order valence-corrected chi connectivity index (χ4v) is 3.15. The minimum Gasteiger partial charge on any atom is -0.399 e. The Morgan fingerprint density at radius 2 is 1.92 bits per heavy atom. The van der Waals surface area contributed by atoms with Crippen molar-refractivity contribution in [2.45, 2.75) is 31.8 Å². The summed E-state index contributed by atoms with van der Waals surface area (Å²) in [5.41, 5.74) is 7.30. The van der Waals surface area contributed by atoms with Gasteiger partial charge in [-0.3, -0.25) is 4.79 Å². The van der Waals surface area contributed by atoms with Crippen molar-refractivity contribution < 1.29 is 9.59 Å². The monoisotopic (exact) mass is 350 g/mol. The molecule has 0 aromatic heterocycles. The van der Waals surface area contributed by atoms with Crippen molar-refractivity contribution in [1.29, 1.82) is 0 Å². The number of thioether (sulfide) groups is 1. The van der Waals surface area contributed by atoms with Crippen LogP contribution in [0.1, 0.15) is 24.8 Å². The molecule has 24 heavy (non-hydrogen) atoms. The van der Waals surface area contributed by atoms with Crippen LogP contribution in [0.15, 0.2) is 24.3 Å². The van der Waals surface area contributed by atoms with Crippen LogP contribution < -0.4 is 16.4 Å². The van der Waals surface area contributed by atoms with Gasteiger partial charge < -0.3 is 21.3 Å². The number of anilines is 1. The molecule has 1 aliphatic rings. The third kappa shape index (κ3) is 5.63. The number of hydrogen-bond donors (Lipinski definition) is 3. The number of amides is 3. The predicted octanol–water partition coefficient (Wildman–Crippen LogP) is 1.81. The van der Waals surface area contributed by atoms with Crippen LogP contribution in [0.2, 0.25) is 0 Å². The molecule has 3 amide bonds. The highest BCUT2D eigenvalue weighted by Gasteiger charge is 2.27. The highest BCUT2D eigenvalue weighted by atomic mass is 32.2. The molecule has 1 aromatic rings. The van der Waals surface area contributed by atoms with Crippen molar-refractivity contribution in [3.63, 3.8) is 0 Å². The van der Waals surface area contributed by atoms with Gasteiger partial charge in [0, 0.05) is 25.3 Å². The Bertz CT molecular complexity index is 544. The molecule has 132 valence electrons. The van der Waals surface area contributed by atoms with E-state index in [0.29, 0.717) is 18.7 Å². The van der Waals surface area contributed by atoms with E-state index in [-0.39, 0.29) is 11.9 Å². The highest BCUT2D eigenvalue weighted by molar-refractivity contribution is 7.98. The Balaban J connectivity index is 1.86. The summed E-state index contributed by atoms with van der Waals surface area (Å²) in [5, 5.41) is 5.63. The molecule has 0 bridgehead atoms. The summed E-state index contributed by atoms with van der Waals surface area (Å²) < 4.78 is 0. The molecule has 0 saturated carbocycles. The molecule has 6 nitrogen and oxygen atoms in total. The van der Waals surface area contributed by atoms with E-state index in [2.05, 4.69) is 10.6 Å². The first-order valence-electron chi connectivity index (χ1n) is 8.26. The highest BCUT2D eigenvalue weighted by Crippen LogP contribution is 2.12. The number of benzene rings is 1. The lowest BCUT2D eigenvalue weighted by Crippen LogP contribution is -2.50. The standard InChI is InChI=1S/C17H26N4O2S/c1-24-11-8-15(16(22)21-9-2-3-10-21)20-17(23)19-12-13-4-6-14(18)7-5-13/h4-7,15H,2-3,8-12,18H2,1H3,(H2,19,20,23)/t15-/m0/s1. The van der Waals surface area contributed by atoms with Gasteiger partial charge in [0.05, 0.1) is 0 Å². The zero-order chi connectivity index (χ0) is 17.4. The van der Waals surface area contributed by atoms with E-state index in [1.54, 1.807) is 23.9 Å². The van der Waals surface area contributed by atoms with Gasteiger partial charge in [-0.25, -0.2) is 4.79 Å². The lowest BCUT2D eigenvalue weighted by atomic mass is 10.2. The first-order chi connectivity index (χ1) is 11.6. The van der Waals surface area contributed by atoms with Crippen molar-refractivity contribution in [3.8, 4) is 0 Å². The van der Waals surface area contributed by atoms with E-state index in [4.69, 9.17) is 5.73 Å². The number of rotatable bonds is 7. The van der Waals surface area contributed by atoms with Crippen LogP contribution in [-0.4, -0.2) is 48.0 Å². The molecule has 1 aliphatic heterocycles. The second-order valence-corrected chi connectivity index (χ2v) is 6.92. The first-order valence-corrected chi connectivity index (χ1v) is 9.66. The number of hydrogen-bond acceptors (Lipinski definition) is 4. The lowest BCUT2D eigenvalue weighted by Gasteiger charge is -2.24. The maximum atomic E-state index is 12.6. The second-order valence-electron chi connectivity index (χ2n) is 5.94. The number of nitrogens with two attached hydrogens (primary N) is 1. The minimum atomic E-state index is -0.457. The molecule has 1 aromatic carbocycles. The van der Waals surface area contributed by atoms with E-state index in [1.165, 1.54) is 0 Å². The SMILES string of the molecule is CSCC[C@H](NC(=O)NCc1ccc(N)cc1)C(=O)N1CCCC1. The Hall–Kier alpha value is -1.89. The molecule has 0 spiro atoms. The summed E-state index contributed by atoms with van der Waals surface area (Å²) in [6, 6.07) is 6.57. The molecule has 1 heterocycles. The maximum Gasteiger partial charge on any atom is 0.315 e. The van der Waals surface area contributed by atoms with Crippen molar-refractivity contribution in [1.82, 2.24) is 15.5 Å². The molecule has 4 N–H and O–H groups in total. The number of nitrogens with zero attached hydrogens (tertiary/aromatic N) is 1. The molecule has 0 unspecified atom stereocenters. The Kier molecular flexibility index (Phi) is 7.24. The normalized spacial score (nSPS) is 15.1. The molecular weight excluding hydrogens is 324 g/mol. The summed E-state index contributed by atoms with van der Waals surface area (Å²) in [7, 11) is 0. The predicted molar refractivity (Wildman–Crippen MR) is 98.8 cm³/mol. The molecule has 1 fully saturated rings. The van der Waals surface area contributed by atoms with Gasteiger partial charge in [-0.15, -0.1) is 0 Å². The summed E-state index contributed by atoms with van der Waals surface area (Å²) in [6.07, 6.45) is 4.74. The Morgan fingerprint density at radius 1 is 1.25 bits per heavy atom. The van der Waals surface area contributed by atoms with Crippen molar-refractivity contribution >= 4 is 29.4 Å². The lowest BCUT2D eigenvalue weighted by molar-refractivity contribution is -0.132. The van der Waals surface area contributed by atoms with Gasteiger partial charge >= 0.3 is 6.03 Å². The van der Waals surface area contributed by atoms with Crippen LogP contribution in [0.4, 0.5) is 10.5 Å². The third-order valence-corrected chi connectivity index (χ3v) is 4.71. The average Bonchev–Trinajstić information content (AvgIpc) is 3.12. The van der Waals surface area contributed by atoms with Gasteiger partial charge in [-0.2, -0.15) is 11.8 Å². The Labute approximate surface area is 147 Å². The largest absolute Gasteiger partial charge is 0.399 e. The van der Waals surface area contributed by atoms with Crippen LogP contribution in [0, 0.1) is 0 Å². The molecule has 1 atom stereocenters. The summed E-state index contributed by atoms with van der Waals surface area (Å²) in [4.78, 5) is 26.6. The first kappa shape index (κ1) is 18.4. The zero-order valence-corrected chi connectivity index (χ0v) is 14.9. The number of nitrogen functional groups attached to an aromatic ring is 1. The second kappa shape index (κ2) is 9.42. The van der Waals surface area contributed by atoms with Gasteiger partial charge in [-0.05, 0) is 49.0 Å². The van der Waals surface area contributed by atoms with E-state index in [0.717, 1.165) is 37.2 Å². The van der Waals surface area contributed by atoms with Crippen LogP contribution in [0.3, 0.4) is 0 Å². The number of likely N-dealkylation sites (tertiary alicyclic amines) is 1. The fourth-order valence-electron chi connectivity index (χ4n) is 2.68.